The number of nitro groups is 1. The van der Waals surface area contributed by atoms with Crippen molar-refractivity contribution in [1.29, 1.82) is 0 Å². The SMILES string of the molecule is CN/C(=C\[N+](=O)[O-])N(N)C(C)(C)c1cccnc1. The summed E-state index contributed by atoms with van der Waals surface area (Å²) in [5.41, 5.74) is 0.232. The van der Waals surface area contributed by atoms with E-state index in [2.05, 4.69) is 10.3 Å². The van der Waals surface area contributed by atoms with E-state index in [1.165, 1.54) is 5.01 Å². The van der Waals surface area contributed by atoms with E-state index in [1.807, 2.05) is 19.9 Å². The average Bonchev–Trinajstić information content (AvgIpc) is 2.36. The van der Waals surface area contributed by atoms with Crippen LogP contribution in [0, 0.1) is 10.1 Å². The molecule has 1 rings (SSSR count). The Balaban J connectivity index is 3.08. The summed E-state index contributed by atoms with van der Waals surface area (Å²) in [4.78, 5) is 14.0. The van der Waals surface area contributed by atoms with Gasteiger partial charge in [0.05, 0.1) is 10.5 Å². The molecule has 1 aromatic rings. The molecule has 0 spiro atoms. The van der Waals surface area contributed by atoms with Gasteiger partial charge in [0, 0.05) is 19.4 Å². The minimum absolute atomic E-state index is 0.217. The third kappa shape index (κ3) is 2.95. The molecule has 0 amide bonds. The molecule has 0 saturated heterocycles. The molecule has 0 aromatic carbocycles. The van der Waals surface area contributed by atoms with Crippen LogP contribution in [0.25, 0.3) is 0 Å². The zero-order chi connectivity index (χ0) is 13.8. The lowest BCUT2D eigenvalue weighted by Gasteiger charge is -2.36. The normalized spacial score (nSPS) is 12.1. The Bertz CT molecular complexity index is 444. The van der Waals surface area contributed by atoms with Gasteiger partial charge in [-0.15, -0.1) is 0 Å². The van der Waals surface area contributed by atoms with Gasteiger partial charge in [0.25, 0.3) is 6.20 Å². The number of nitrogens with one attached hydrogen (secondary N) is 1. The zero-order valence-corrected chi connectivity index (χ0v) is 10.6. The smallest absolute Gasteiger partial charge is 0.275 e. The molecule has 0 radical (unpaired) electrons. The van der Waals surface area contributed by atoms with Crippen LogP contribution in [0.2, 0.25) is 0 Å². The highest BCUT2D eigenvalue weighted by Gasteiger charge is 2.29. The van der Waals surface area contributed by atoms with Crippen molar-refractivity contribution in [3.05, 3.63) is 52.2 Å². The van der Waals surface area contributed by atoms with Crippen molar-refractivity contribution < 1.29 is 4.92 Å². The van der Waals surface area contributed by atoms with Crippen LogP contribution < -0.4 is 11.2 Å². The van der Waals surface area contributed by atoms with Crippen molar-refractivity contribution in [1.82, 2.24) is 15.3 Å². The molecule has 0 bridgehead atoms. The fourth-order valence-corrected chi connectivity index (χ4v) is 1.51. The van der Waals surface area contributed by atoms with E-state index in [4.69, 9.17) is 5.84 Å². The van der Waals surface area contributed by atoms with E-state index in [-0.39, 0.29) is 5.82 Å². The van der Waals surface area contributed by atoms with Crippen LogP contribution in [0.15, 0.2) is 36.5 Å². The highest BCUT2D eigenvalue weighted by molar-refractivity contribution is 5.20. The minimum atomic E-state index is -0.626. The fraction of sp³-hybridized carbons (Fsp3) is 0.364. The van der Waals surface area contributed by atoms with Gasteiger partial charge in [-0.25, -0.2) is 5.84 Å². The molecule has 0 fully saturated rings. The van der Waals surface area contributed by atoms with Crippen molar-refractivity contribution in [2.45, 2.75) is 19.4 Å². The standard InChI is InChI=1S/C11H17N5O2/c1-11(2,9-5-4-6-14-7-9)16(12)10(13-3)8-15(17)18/h4-8,13H,12H2,1-3H3/b10-8+. The molecule has 98 valence electrons. The Labute approximate surface area is 105 Å². The molecule has 1 heterocycles. The third-order valence-corrected chi connectivity index (χ3v) is 2.71. The molecule has 7 nitrogen and oxygen atoms in total. The van der Waals surface area contributed by atoms with Gasteiger partial charge in [-0.2, -0.15) is 0 Å². The maximum atomic E-state index is 10.5. The van der Waals surface area contributed by atoms with Gasteiger partial charge in [-0.3, -0.25) is 20.1 Å². The molecular weight excluding hydrogens is 234 g/mol. The molecule has 0 unspecified atom stereocenters. The van der Waals surface area contributed by atoms with Gasteiger partial charge in [-0.05, 0) is 25.5 Å². The molecular formula is C11H17N5O2. The summed E-state index contributed by atoms with van der Waals surface area (Å²) in [6.07, 6.45) is 4.17. The van der Waals surface area contributed by atoms with Gasteiger partial charge in [0.2, 0.25) is 0 Å². The Morgan fingerprint density at radius 1 is 1.67 bits per heavy atom. The van der Waals surface area contributed by atoms with Gasteiger partial charge in [0.1, 0.15) is 0 Å². The quantitative estimate of drug-likeness (QED) is 0.456. The zero-order valence-electron chi connectivity index (χ0n) is 10.6. The largest absolute Gasteiger partial charge is 0.369 e. The second-order valence-electron chi connectivity index (χ2n) is 4.22. The second kappa shape index (κ2) is 5.46. The number of hydrogen-bond donors (Lipinski definition) is 2. The van der Waals surface area contributed by atoms with E-state index in [0.29, 0.717) is 0 Å². The number of rotatable bonds is 5. The van der Waals surface area contributed by atoms with E-state index in [1.54, 1.807) is 25.5 Å². The van der Waals surface area contributed by atoms with Gasteiger partial charge in [0.15, 0.2) is 5.82 Å². The number of nitrogens with two attached hydrogens (primary N) is 1. The summed E-state index contributed by atoms with van der Waals surface area (Å²) in [7, 11) is 1.58. The lowest BCUT2D eigenvalue weighted by atomic mass is 9.95. The molecule has 0 atom stereocenters. The molecule has 1 aromatic heterocycles. The molecule has 18 heavy (non-hydrogen) atoms. The highest BCUT2D eigenvalue weighted by Crippen LogP contribution is 2.26. The van der Waals surface area contributed by atoms with Crippen molar-refractivity contribution in [2.24, 2.45) is 5.84 Å². The number of aromatic nitrogens is 1. The van der Waals surface area contributed by atoms with E-state index >= 15 is 0 Å². The number of hydrazine groups is 1. The Morgan fingerprint density at radius 3 is 2.78 bits per heavy atom. The predicted molar refractivity (Wildman–Crippen MR) is 67.4 cm³/mol. The van der Waals surface area contributed by atoms with Crippen LogP contribution in [-0.2, 0) is 5.54 Å². The number of pyridine rings is 1. The molecule has 3 N–H and O–H groups in total. The maximum Gasteiger partial charge on any atom is 0.275 e. The Morgan fingerprint density at radius 2 is 2.33 bits per heavy atom. The summed E-state index contributed by atoms with van der Waals surface area (Å²) in [6, 6.07) is 3.66. The Hall–Kier alpha value is -2.15. The van der Waals surface area contributed by atoms with Gasteiger partial charge >= 0.3 is 0 Å². The minimum Gasteiger partial charge on any atom is -0.369 e. The van der Waals surface area contributed by atoms with E-state index < -0.39 is 10.5 Å². The van der Waals surface area contributed by atoms with Crippen LogP contribution in [0.1, 0.15) is 19.4 Å². The summed E-state index contributed by atoms with van der Waals surface area (Å²) in [5.74, 6) is 6.17. The summed E-state index contributed by atoms with van der Waals surface area (Å²) in [5, 5.41) is 14.6. The summed E-state index contributed by atoms with van der Waals surface area (Å²) >= 11 is 0. The first-order chi connectivity index (χ1) is 8.39. The predicted octanol–water partition coefficient (Wildman–Crippen LogP) is 0.787. The monoisotopic (exact) mass is 251 g/mol. The van der Waals surface area contributed by atoms with Crippen molar-refractivity contribution in [3.8, 4) is 0 Å². The van der Waals surface area contributed by atoms with Crippen LogP contribution >= 0.6 is 0 Å². The van der Waals surface area contributed by atoms with Crippen LogP contribution in [0.3, 0.4) is 0 Å². The molecule has 7 heteroatoms. The van der Waals surface area contributed by atoms with E-state index in [9.17, 15) is 10.1 Å². The summed E-state index contributed by atoms with van der Waals surface area (Å²) in [6.45, 7) is 3.71. The van der Waals surface area contributed by atoms with Crippen molar-refractivity contribution in [3.63, 3.8) is 0 Å². The molecule has 0 aliphatic rings. The van der Waals surface area contributed by atoms with Gasteiger partial charge in [-0.1, -0.05) is 6.07 Å². The number of hydrogen-bond acceptors (Lipinski definition) is 6. The topological polar surface area (TPSA) is 97.3 Å². The van der Waals surface area contributed by atoms with Crippen molar-refractivity contribution in [2.75, 3.05) is 7.05 Å². The summed E-state index contributed by atoms with van der Waals surface area (Å²) < 4.78 is 0. The van der Waals surface area contributed by atoms with Gasteiger partial charge < -0.3 is 5.32 Å². The highest BCUT2D eigenvalue weighted by atomic mass is 16.6. The van der Waals surface area contributed by atoms with Crippen LogP contribution in [-0.4, -0.2) is 22.0 Å². The Kier molecular flexibility index (Phi) is 4.22. The fourth-order valence-electron chi connectivity index (χ4n) is 1.51. The molecule has 0 saturated carbocycles. The molecule has 0 aliphatic heterocycles. The third-order valence-electron chi connectivity index (χ3n) is 2.71. The first-order valence-corrected chi connectivity index (χ1v) is 5.38. The first kappa shape index (κ1) is 13.9. The average molecular weight is 251 g/mol. The number of nitrogens with zero attached hydrogens (tertiary/aromatic N) is 3. The first-order valence-electron chi connectivity index (χ1n) is 5.38. The second-order valence-corrected chi connectivity index (χ2v) is 4.22. The van der Waals surface area contributed by atoms with Crippen LogP contribution in [0.5, 0.6) is 0 Å². The lowest BCUT2D eigenvalue weighted by molar-refractivity contribution is -0.405. The lowest BCUT2D eigenvalue weighted by Crippen LogP contribution is -2.49. The van der Waals surface area contributed by atoms with Crippen LogP contribution in [0.4, 0.5) is 0 Å². The maximum absolute atomic E-state index is 10.5. The molecule has 0 aliphatic carbocycles. The van der Waals surface area contributed by atoms with Crippen molar-refractivity contribution >= 4 is 0 Å². The van der Waals surface area contributed by atoms with E-state index in [0.717, 1.165) is 11.8 Å².